The Kier molecular flexibility index (Phi) is 6.94. The van der Waals surface area contributed by atoms with Gasteiger partial charge in [0, 0.05) is 6.54 Å². The van der Waals surface area contributed by atoms with Crippen LogP contribution in [-0.4, -0.2) is 31.1 Å². The van der Waals surface area contributed by atoms with Crippen LogP contribution in [0.25, 0.3) is 0 Å². The van der Waals surface area contributed by atoms with Gasteiger partial charge in [0.2, 0.25) is 0 Å². The van der Waals surface area contributed by atoms with Crippen LogP contribution in [0.15, 0.2) is 30.3 Å². The highest BCUT2D eigenvalue weighted by atomic mass is 16.5. The van der Waals surface area contributed by atoms with Crippen molar-refractivity contribution < 1.29 is 19.1 Å². The van der Waals surface area contributed by atoms with Crippen molar-refractivity contribution >= 4 is 17.9 Å². The largest absolute Gasteiger partial charge is 0.455 e. The summed E-state index contributed by atoms with van der Waals surface area (Å²) in [6.07, 6.45) is 0.570. The van der Waals surface area contributed by atoms with Crippen molar-refractivity contribution in [3.8, 4) is 0 Å². The SMILES string of the molecule is CCNC(=O)NC(=O)COC(=O)[C@@H](CC)c1ccccc1. The van der Waals surface area contributed by atoms with E-state index in [2.05, 4.69) is 10.6 Å². The highest BCUT2D eigenvalue weighted by molar-refractivity contribution is 5.95. The summed E-state index contributed by atoms with van der Waals surface area (Å²) >= 11 is 0. The second kappa shape index (κ2) is 8.73. The quantitative estimate of drug-likeness (QED) is 0.779. The maximum atomic E-state index is 12.0. The topological polar surface area (TPSA) is 84.5 Å². The molecule has 1 aromatic carbocycles. The zero-order valence-corrected chi connectivity index (χ0v) is 12.2. The zero-order valence-electron chi connectivity index (χ0n) is 12.2. The molecule has 21 heavy (non-hydrogen) atoms. The van der Waals surface area contributed by atoms with Crippen LogP contribution in [0.1, 0.15) is 31.7 Å². The molecule has 0 aliphatic rings. The lowest BCUT2D eigenvalue weighted by atomic mass is 9.97. The molecule has 0 saturated heterocycles. The standard InChI is InChI=1S/C15H20N2O4/c1-3-12(11-8-6-5-7-9-11)14(19)21-10-13(18)17-15(20)16-4-2/h5-9,12H,3-4,10H2,1-2H3,(H2,16,17,18,20)/t12-/m0/s1. The summed E-state index contributed by atoms with van der Waals surface area (Å²) in [7, 11) is 0. The summed E-state index contributed by atoms with van der Waals surface area (Å²) in [6, 6.07) is 8.62. The Morgan fingerprint density at radius 2 is 1.81 bits per heavy atom. The number of rotatable bonds is 6. The van der Waals surface area contributed by atoms with E-state index >= 15 is 0 Å². The first-order valence-corrected chi connectivity index (χ1v) is 6.87. The molecule has 0 aromatic heterocycles. The van der Waals surface area contributed by atoms with Gasteiger partial charge in [0.15, 0.2) is 6.61 Å². The van der Waals surface area contributed by atoms with Crippen molar-refractivity contribution in [3.05, 3.63) is 35.9 Å². The molecule has 6 nitrogen and oxygen atoms in total. The molecule has 0 spiro atoms. The number of imide groups is 1. The fraction of sp³-hybridized carbons (Fsp3) is 0.400. The average Bonchev–Trinajstić information content (AvgIpc) is 2.47. The van der Waals surface area contributed by atoms with Crippen molar-refractivity contribution in [2.45, 2.75) is 26.2 Å². The molecule has 1 atom stereocenters. The van der Waals surface area contributed by atoms with E-state index in [0.29, 0.717) is 13.0 Å². The molecule has 1 rings (SSSR count). The average molecular weight is 292 g/mol. The van der Waals surface area contributed by atoms with Gasteiger partial charge >= 0.3 is 12.0 Å². The Balaban J connectivity index is 2.48. The molecule has 0 unspecified atom stereocenters. The van der Waals surface area contributed by atoms with Gasteiger partial charge in [-0.25, -0.2) is 4.79 Å². The Morgan fingerprint density at radius 3 is 2.38 bits per heavy atom. The van der Waals surface area contributed by atoms with E-state index in [1.54, 1.807) is 6.92 Å². The summed E-state index contributed by atoms with van der Waals surface area (Å²) in [6.45, 7) is 3.54. The van der Waals surface area contributed by atoms with Crippen molar-refractivity contribution in [2.24, 2.45) is 0 Å². The smallest absolute Gasteiger partial charge is 0.321 e. The van der Waals surface area contributed by atoms with Crippen LogP contribution in [0.2, 0.25) is 0 Å². The molecular formula is C15H20N2O4. The first-order valence-electron chi connectivity index (χ1n) is 6.87. The van der Waals surface area contributed by atoms with Gasteiger partial charge in [0.1, 0.15) is 0 Å². The van der Waals surface area contributed by atoms with Gasteiger partial charge in [-0.05, 0) is 18.9 Å². The number of hydrogen-bond acceptors (Lipinski definition) is 4. The lowest BCUT2D eigenvalue weighted by Gasteiger charge is -2.14. The molecule has 1 aromatic rings. The number of esters is 1. The van der Waals surface area contributed by atoms with E-state index in [4.69, 9.17) is 4.74 Å². The fourth-order valence-electron chi connectivity index (χ4n) is 1.83. The fourth-order valence-corrected chi connectivity index (χ4v) is 1.83. The third kappa shape index (κ3) is 5.64. The molecule has 3 amide bonds. The van der Waals surface area contributed by atoms with Gasteiger partial charge in [0.25, 0.3) is 5.91 Å². The number of ether oxygens (including phenoxy) is 1. The summed E-state index contributed by atoms with van der Waals surface area (Å²) in [5.41, 5.74) is 0.842. The molecular weight excluding hydrogens is 272 g/mol. The van der Waals surface area contributed by atoms with Crippen molar-refractivity contribution in [3.63, 3.8) is 0 Å². The lowest BCUT2D eigenvalue weighted by molar-refractivity contribution is -0.149. The van der Waals surface area contributed by atoms with Crippen LogP contribution in [0.3, 0.4) is 0 Å². The minimum absolute atomic E-state index is 0.408. The predicted molar refractivity (Wildman–Crippen MR) is 77.6 cm³/mol. The number of benzene rings is 1. The number of urea groups is 1. The highest BCUT2D eigenvalue weighted by Gasteiger charge is 2.21. The summed E-state index contributed by atoms with van der Waals surface area (Å²) in [4.78, 5) is 34.5. The van der Waals surface area contributed by atoms with E-state index in [1.807, 2.05) is 37.3 Å². The van der Waals surface area contributed by atoms with Crippen molar-refractivity contribution in [1.82, 2.24) is 10.6 Å². The van der Waals surface area contributed by atoms with Crippen molar-refractivity contribution in [2.75, 3.05) is 13.2 Å². The number of hydrogen-bond donors (Lipinski definition) is 2. The monoisotopic (exact) mass is 292 g/mol. The van der Waals surface area contributed by atoms with Crippen LogP contribution in [0.4, 0.5) is 4.79 Å². The minimum Gasteiger partial charge on any atom is -0.455 e. The Hall–Kier alpha value is -2.37. The van der Waals surface area contributed by atoms with Crippen LogP contribution < -0.4 is 10.6 Å². The summed E-state index contributed by atoms with van der Waals surface area (Å²) in [5, 5.41) is 4.48. The van der Waals surface area contributed by atoms with Gasteiger partial charge in [-0.2, -0.15) is 0 Å². The highest BCUT2D eigenvalue weighted by Crippen LogP contribution is 2.20. The van der Waals surface area contributed by atoms with E-state index in [1.165, 1.54) is 0 Å². The normalized spacial score (nSPS) is 11.3. The molecule has 0 saturated carbocycles. The van der Waals surface area contributed by atoms with E-state index in [-0.39, 0.29) is 0 Å². The maximum absolute atomic E-state index is 12.0. The molecule has 6 heteroatoms. The second-order valence-corrected chi connectivity index (χ2v) is 4.39. The molecule has 2 N–H and O–H groups in total. The van der Waals surface area contributed by atoms with Gasteiger partial charge < -0.3 is 10.1 Å². The molecule has 0 fully saturated rings. The molecule has 0 radical (unpaired) electrons. The number of amides is 3. The third-order valence-electron chi connectivity index (χ3n) is 2.83. The van der Waals surface area contributed by atoms with Gasteiger partial charge in [-0.15, -0.1) is 0 Å². The number of carbonyl (C=O) groups excluding carboxylic acids is 3. The molecule has 114 valence electrons. The zero-order chi connectivity index (χ0) is 15.7. The van der Waals surface area contributed by atoms with Gasteiger partial charge in [0.05, 0.1) is 5.92 Å². The van der Waals surface area contributed by atoms with Crippen LogP contribution in [0.5, 0.6) is 0 Å². The van der Waals surface area contributed by atoms with Crippen molar-refractivity contribution in [1.29, 1.82) is 0 Å². The number of nitrogens with one attached hydrogen (secondary N) is 2. The lowest BCUT2D eigenvalue weighted by Crippen LogP contribution is -2.41. The van der Waals surface area contributed by atoms with Crippen LogP contribution in [0, 0.1) is 0 Å². The van der Waals surface area contributed by atoms with Crippen LogP contribution >= 0.6 is 0 Å². The van der Waals surface area contributed by atoms with Gasteiger partial charge in [-0.1, -0.05) is 37.3 Å². The first kappa shape index (κ1) is 16.7. The Labute approximate surface area is 123 Å². The Morgan fingerprint density at radius 1 is 1.14 bits per heavy atom. The molecule has 0 bridgehead atoms. The summed E-state index contributed by atoms with van der Waals surface area (Å²) in [5.74, 6) is -1.55. The van der Waals surface area contributed by atoms with E-state index in [0.717, 1.165) is 5.56 Å². The number of carbonyl (C=O) groups is 3. The maximum Gasteiger partial charge on any atom is 0.321 e. The first-order chi connectivity index (χ1) is 10.1. The minimum atomic E-state index is -0.655. The molecule has 0 aliphatic heterocycles. The third-order valence-corrected chi connectivity index (χ3v) is 2.83. The van der Waals surface area contributed by atoms with Gasteiger partial charge in [-0.3, -0.25) is 14.9 Å². The van der Waals surface area contributed by atoms with E-state index < -0.39 is 30.4 Å². The Bertz CT molecular complexity index is 488. The predicted octanol–water partition coefficient (Wildman–Crippen LogP) is 1.57. The second-order valence-electron chi connectivity index (χ2n) is 4.39. The molecule has 0 aliphatic carbocycles. The molecule has 0 heterocycles. The van der Waals surface area contributed by atoms with Crippen LogP contribution in [-0.2, 0) is 14.3 Å². The summed E-state index contributed by atoms with van der Waals surface area (Å²) < 4.78 is 4.96. The van der Waals surface area contributed by atoms with E-state index in [9.17, 15) is 14.4 Å².